The lowest BCUT2D eigenvalue weighted by molar-refractivity contribution is -0.151. The average molecular weight is 232 g/mol. The quantitative estimate of drug-likeness (QED) is 0.717. The second kappa shape index (κ2) is 5.42. The van der Waals surface area contributed by atoms with Gasteiger partial charge in [0.25, 0.3) is 5.91 Å². The summed E-state index contributed by atoms with van der Waals surface area (Å²) in [6.07, 6.45) is 0.525. The molecule has 0 rings (SSSR count). The Labute approximate surface area is 96.8 Å². The first-order valence-electron chi connectivity index (χ1n) is 4.83. The molecule has 0 aromatic rings. The summed E-state index contributed by atoms with van der Waals surface area (Å²) in [5.41, 5.74) is 4.63. The second-order valence-corrected chi connectivity index (χ2v) is 4.67. The van der Waals surface area contributed by atoms with E-state index in [1.165, 1.54) is 7.11 Å². The van der Waals surface area contributed by atoms with Gasteiger partial charge in [-0.25, -0.2) is 0 Å². The predicted octanol–water partition coefficient (Wildman–Crippen LogP) is 0.934. The molecule has 0 aliphatic heterocycles. The lowest BCUT2D eigenvalue weighted by Gasteiger charge is -2.32. The van der Waals surface area contributed by atoms with Crippen molar-refractivity contribution in [1.82, 2.24) is 4.90 Å². The van der Waals surface area contributed by atoms with Crippen LogP contribution in [0.1, 0.15) is 27.2 Å². The molecule has 88 valence electrons. The number of likely N-dealkylation sites (N-methyl/N-ethyl adjacent to an activating group) is 1. The molecule has 0 saturated heterocycles. The SMILES string of the molecule is COC(C)(C)C(=O)N(C)C(C)CC(N)=S. The predicted molar refractivity (Wildman–Crippen MR) is 64.7 cm³/mol. The minimum absolute atomic E-state index is 0.00979. The number of carbonyl (C=O) groups excluding carboxylic acids is 1. The first-order chi connectivity index (χ1) is 6.72. The molecule has 0 fully saturated rings. The van der Waals surface area contributed by atoms with Crippen molar-refractivity contribution >= 4 is 23.1 Å². The van der Waals surface area contributed by atoms with Crippen molar-refractivity contribution in [2.45, 2.75) is 38.8 Å². The molecule has 0 bridgehead atoms. The molecule has 0 saturated carbocycles. The third-order valence-electron chi connectivity index (χ3n) is 2.50. The van der Waals surface area contributed by atoms with Gasteiger partial charge in [0, 0.05) is 26.6 Å². The van der Waals surface area contributed by atoms with Gasteiger partial charge in [0.2, 0.25) is 0 Å². The second-order valence-electron chi connectivity index (χ2n) is 4.15. The van der Waals surface area contributed by atoms with Gasteiger partial charge in [-0.05, 0) is 20.8 Å². The van der Waals surface area contributed by atoms with Crippen LogP contribution in [0, 0.1) is 0 Å². The summed E-state index contributed by atoms with van der Waals surface area (Å²) in [6, 6.07) is -0.00979. The first-order valence-corrected chi connectivity index (χ1v) is 5.24. The number of nitrogens with two attached hydrogens (primary N) is 1. The van der Waals surface area contributed by atoms with Gasteiger partial charge >= 0.3 is 0 Å². The van der Waals surface area contributed by atoms with E-state index in [0.29, 0.717) is 11.4 Å². The van der Waals surface area contributed by atoms with E-state index in [-0.39, 0.29) is 11.9 Å². The summed E-state index contributed by atoms with van der Waals surface area (Å²) in [6.45, 7) is 5.38. The van der Waals surface area contributed by atoms with Crippen LogP contribution in [0.4, 0.5) is 0 Å². The van der Waals surface area contributed by atoms with Gasteiger partial charge in [-0.2, -0.15) is 0 Å². The topological polar surface area (TPSA) is 55.6 Å². The van der Waals surface area contributed by atoms with E-state index >= 15 is 0 Å². The minimum Gasteiger partial charge on any atom is -0.393 e. The Bertz CT molecular complexity index is 254. The summed E-state index contributed by atoms with van der Waals surface area (Å²) in [7, 11) is 3.25. The number of thiocarbonyl (C=S) groups is 1. The largest absolute Gasteiger partial charge is 0.393 e. The van der Waals surface area contributed by atoms with Crippen molar-refractivity contribution in [2.24, 2.45) is 5.73 Å². The molecule has 0 aliphatic carbocycles. The van der Waals surface area contributed by atoms with E-state index in [4.69, 9.17) is 22.7 Å². The first kappa shape index (κ1) is 14.3. The van der Waals surface area contributed by atoms with Crippen molar-refractivity contribution in [2.75, 3.05) is 14.2 Å². The Hall–Kier alpha value is -0.680. The third kappa shape index (κ3) is 4.13. The van der Waals surface area contributed by atoms with Crippen LogP contribution in [0.2, 0.25) is 0 Å². The lowest BCUT2D eigenvalue weighted by Crippen LogP contribution is -2.48. The zero-order valence-corrected chi connectivity index (χ0v) is 10.9. The highest BCUT2D eigenvalue weighted by atomic mass is 32.1. The number of hydrogen-bond donors (Lipinski definition) is 1. The highest BCUT2D eigenvalue weighted by molar-refractivity contribution is 7.80. The fourth-order valence-corrected chi connectivity index (χ4v) is 1.38. The summed E-state index contributed by atoms with van der Waals surface area (Å²) in [4.78, 5) is 14.0. The number of methoxy groups -OCH3 is 1. The van der Waals surface area contributed by atoms with Crippen molar-refractivity contribution in [3.05, 3.63) is 0 Å². The van der Waals surface area contributed by atoms with Crippen LogP contribution < -0.4 is 5.73 Å². The van der Waals surface area contributed by atoms with Crippen LogP contribution in [-0.2, 0) is 9.53 Å². The molecule has 0 heterocycles. The van der Waals surface area contributed by atoms with Gasteiger partial charge in [-0.3, -0.25) is 4.79 Å². The van der Waals surface area contributed by atoms with Crippen LogP contribution in [0.25, 0.3) is 0 Å². The highest BCUT2D eigenvalue weighted by Gasteiger charge is 2.32. The number of carbonyl (C=O) groups is 1. The van der Waals surface area contributed by atoms with E-state index in [9.17, 15) is 4.79 Å². The number of nitrogens with zero attached hydrogens (tertiary/aromatic N) is 1. The van der Waals surface area contributed by atoms with E-state index in [0.717, 1.165) is 0 Å². The molecule has 1 unspecified atom stereocenters. The van der Waals surface area contributed by atoms with Crippen molar-refractivity contribution < 1.29 is 9.53 Å². The maximum Gasteiger partial charge on any atom is 0.254 e. The van der Waals surface area contributed by atoms with Gasteiger partial charge in [0.05, 0.1) is 4.99 Å². The number of rotatable bonds is 5. The molecule has 0 radical (unpaired) electrons. The number of hydrogen-bond acceptors (Lipinski definition) is 3. The Morgan fingerprint density at radius 1 is 1.60 bits per heavy atom. The summed E-state index contributed by atoms with van der Waals surface area (Å²) < 4.78 is 5.12. The Morgan fingerprint density at radius 3 is 2.40 bits per heavy atom. The van der Waals surface area contributed by atoms with Gasteiger partial charge in [0.1, 0.15) is 5.60 Å². The summed E-state index contributed by atoms with van der Waals surface area (Å²) >= 11 is 4.81. The maximum atomic E-state index is 11.9. The van der Waals surface area contributed by atoms with E-state index in [2.05, 4.69) is 0 Å². The van der Waals surface area contributed by atoms with E-state index in [1.807, 2.05) is 6.92 Å². The van der Waals surface area contributed by atoms with Crippen LogP contribution >= 0.6 is 12.2 Å². The van der Waals surface area contributed by atoms with Crippen molar-refractivity contribution in [1.29, 1.82) is 0 Å². The summed E-state index contributed by atoms with van der Waals surface area (Å²) in [5, 5.41) is 0. The highest BCUT2D eigenvalue weighted by Crippen LogP contribution is 2.14. The molecular formula is C10H20N2O2S. The molecule has 5 heteroatoms. The molecule has 15 heavy (non-hydrogen) atoms. The molecule has 1 amide bonds. The van der Waals surface area contributed by atoms with Crippen molar-refractivity contribution in [3.8, 4) is 0 Å². The Balaban J connectivity index is 4.50. The molecule has 0 aliphatic rings. The smallest absolute Gasteiger partial charge is 0.254 e. The molecular weight excluding hydrogens is 212 g/mol. The molecule has 0 aromatic heterocycles. The Kier molecular flexibility index (Phi) is 5.17. The molecule has 0 spiro atoms. The van der Waals surface area contributed by atoms with Crippen LogP contribution in [0.15, 0.2) is 0 Å². The fraction of sp³-hybridized carbons (Fsp3) is 0.800. The van der Waals surface area contributed by atoms with Gasteiger partial charge < -0.3 is 15.4 Å². The van der Waals surface area contributed by atoms with Crippen molar-refractivity contribution in [3.63, 3.8) is 0 Å². The maximum absolute atomic E-state index is 11.9. The molecule has 0 aromatic carbocycles. The molecule has 4 nitrogen and oxygen atoms in total. The molecule has 1 atom stereocenters. The monoisotopic (exact) mass is 232 g/mol. The number of amides is 1. The zero-order valence-electron chi connectivity index (χ0n) is 10.0. The van der Waals surface area contributed by atoms with Crippen LogP contribution in [0.3, 0.4) is 0 Å². The third-order valence-corrected chi connectivity index (χ3v) is 2.67. The molecule has 2 N–H and O–H groups in total. The standard InChI is InChI=1S/C10H20N2O2S/c1-7(6-8(11)15)12(4)9(13)10(2,3)14-5/h7H,6H2,1-5H3,(H2,11,15). The van der Waals surface area contributed by atoms with Gasteiger partial charge in [-0.15, -0.1) is 0 Å². The van der Waals surface area contributed by atoms with E-state index < -0.39 is 5.60 Å². The number of ether oxygens (including phenoxy) is 1. The normalized spacial score (nSPS) is 13.4. The lowest BCUT2D eigenvalue weighted by atomic mass is 10.1. The fourth-order valence-electron chi connectivity index (χ4n) is 1.14. The zero-order chi connectivity index (χ0) is 12.2. The van der Waals surface area contributed by atoms with Gasteiger partial charge in [-0.1, -0.05) is 12.2 Å². The van der Waals surface area contributed by atoms with Crippen LogP contribution in [0.5, 0.6) is 0 Å². The minimum atomic E-state index is -0.806. The summed E-state index contributed by atoms with van der Waals surface area (Å²) in [5.74, 6) is -0.0752. The van der Waals surface area contributed by atoms with E-state index in [1.54, 1.807) is 25.8 Å². The van der Waals surface area contributed by atoms with Crippen LogP contribution in [-0.4, -0.2) is 41.6 Å². The average Bonchev–Trinajstić information content (AvgIpc) is 2.14. The van der Waals surface area contributed by atoms with Gasteiger partial charge in [0.15, 0.2) is 0 Å². The Morgan fingerprint density at radius 2 is 2.07 bits per heavy atom.